The molecule has 16 heteroatoms. The Kier molecular flexibility index (Phi) is 17.5. The minimum Gasteiger partial charge on any atom is -0.497 e. The fourth-order valence-electron chi connectivity index (χ4n) is 9.06. The molecular weight excluding hydrogens is 856 g/mol. The van der Waals surface area contributed by atoms with E-state index in [-0.39, 0.29) is 60.0 Å². The number of hydrogen-bond acceptors (Lipinski definition) is 10. The molecule has 3 amide bonds. The summed E-state index contributed by atoms with van der Waals surface area (Å²) in [5.74, 6) is -1.75. The molecule has 13 nitrogen and oxygen atoms in total. The molecule has 66 heavy (non-hydrogen) atoms. The number of esters is 1. The van der Waals surface area contributed by atoms with E-state index in [1.165, 1.54) is 44.9 Å². The van der Waals surface area contributed by atoms with Crippen molar-refractivity contribution in [2.75, 3.05) is 33.8 Å². The van der Waals surface area contributed by atoms with Crippen molar-refractivity contribution >= 4 is 41.4 Å². The van der Waals surface area contributed by atoms with Crippen LogP contribution in [0.2, 0.25) is 0 Å². The predicted molar refractivity (Wildman–Crippen MR) is 246 cm³/mol. The lowest BCUT2D eigenvalue weighted by molar-refractivity contribution is -0.152. The first-order valence-corrected chi connectivity index (χ1v) is 22.9. The van der Waals surface area contributed by atoms with Crippen LogP contribution in [0, 0.1) is 30.1 Å². The fourth-order valence-corrected chi connectivity index (χ4v) is 9.06. The molecular formula is C50H70F3N5O8. The van der Waals surface area contributed by atoms with Gasteiger partial charge >= 0.3 is 12.1 Å². The molecule has 6 aliphatic rings. The van der Waals surface area contributed by atoms with Gasteiger partial charge in [0.1, 0.15) is 35.3 Å². The third-order valence-corrected chi connectivity index (χ3v) is 13.0. The lowest BCUT2D eigenvalue weighted by atomic mass is 9.81. The van der Waals surface area contributed by atoms with Crippen LogP contribution in [-0.4, -0.2) is 102 Å². The summed E-state index contributed by atoms with van der Waals surface area (Å²) in [5, 5.41) is 6.19. The summed E-state index contributed by atoms with van der Waals surface area (Å²) >= 11 is 0. The first-order valence-electron chi connectivity index (χ1n) is 22.9. The number of nitrogens with one attached hydrogen (secondary N) is 2. The van der Waals surface area contributed by atoms with Crippen molar-refractivity contribution in [2.45, 2.75) is 154 Å². The molecule has 4 aliphatic heterocycles. The van der Waals surface area contributed by atoms with Crippen molar-refractivity contribution in [1.82, 2.24) is 25.4 Å². The van der Waals surface area contributed by atoms with E-state index in [4.69, 9.17) is 19.0 Å². The van der Waals surface area contributed by atoms with E-state index in [0.29, 0.717) is 42.6 Å². The number of methoxy groups -OCH3 is 1. The minimum atomic E-state index is -4.82. The summed E-state index contributed by atoms with van der Waals surface area (Å²) in [6, 6.07) is 3.31. The highest BCUT2D eigenvalue weighted by molar-refractivity contribution is 5.98. The number of aromatic nitrogens is 1. The highest BCUT2D eigenvalue weighted by Gasteiger charge is 2.62. The van der Waals surface area contributed by atoms with Gasteiger partial charge in [0, 0.05) is 55.6 Å². The second kappa shape index (κ2) is 21.6. The summed E-state index contributed by atoms with van der Waals surface area (Å²) in [7, 11) is 3.02. The molecule has 8 rings (SSSR count). The van der Waals surface area contributed by atoms with Crippen molar-refractivity contribution in [3.05, 3.63) is 41.6 Å². The fraction of sp³-hybridized carbons (Fsp3) is 0.640. The number of amides is 3. The SMILES string of the molecule is C#C.C=O.CC(=O)OC(C)(C)C.CC1(C)CC1.CNC(=O)C12C[C@H]1/C=C\CCCCC[C@H](C)C(=O)N1C[C@@]3(CC(N4CCC4)c4c(c(C(F)(F)F)nc5ccc(OC)cc45)O3)CC1C(=O)N2. The van der Waals surface area contributed by atoms with Gasteiger partial charge in [0.2, 0.25) is 17.7 Å². The number of halogens is 3. The Labute approximate surface area is 388 Å². The van der Waals surface area contributed by atoms with Crippen LogP contribution in [0.4, 0.5) is 13.2 Å². The normalized spacial score (nSPS) is 28.1. The standard InChI is InChI=1S/C36H44F3N5O5.C6H12O2.C5H10.C2H2.CH2O/c1-21-10-7-5-4-6-8-11-22-17-35(22,33(47)40-2)42-31(45)27-19-34(20-44(27)32(21)46)18-26(43-14-9-15-43)28-24-16-23(48-3)12-13-25(24)41-30(29(28)49-34)36(37,38)39;1-5(7)8-6(2,3)4;1-5(2)3-4-5;2*1-2/h8,11-13,16,21-22,26-27H,4-7,9-10,14-15,17-20H2,1-3H3,(H,40,47)(H,42,45);1-4H3;3-4H2,1-2H3;1-2H;1H2/b11-8-;;;;/t21-,22+,26?,27?,34+,35?;;;;/m0..../s1. The van der Waals surface area contributed by atoms with Gasteiger partial charge in [-0.25, -0.2) is 4.98 Å². The quantitative estimate of drug-likeness (QED) is 0.175. The Hall–Kier alpha value is -5.17. The number of likely N-dealkylation sites (tertiary alicyclic amines) is 1. The third-order valence-electron chi connectivity index (χ3n) is 13.0. The third kappa shape index (κ3) is 12.8. The summed E-state index contributed by atoms with van der Waals surface area (Å²) in [6.07, 6.45) is 15.9. The zero-order valence-electron chi connectivity index (χ0n) is 40.2. The van der Waals surface area contributed by atoms with Crippen LogP contribution < -0.4 is 20.1 Å². The number of benzene rings is 1. The molecule has 0 bridgehead atoms. The summed E-state index contributed by atoms with van der Waals surface area (Å²) < 4.78 is 61.3. The average Bonchev–Trinajstić information content (AvgIpc) is 4.10. The van der Waals surface area contributed by atoms with Gasteiger partial charge in [0.25, 0.3) is 0 Å². The highest BCUT2D eigenvalue weighted by Crippen LogP contribution is 2.55. The number of ether oxygens (including phenoxy) is 3. The van der Waals surface area contributed by atoms with Gasteiger partial charge in [-0.2, -0.15) is 13.2 Å². The Morgan fingerprint density at radius 3 is 2.15 bits per heavy atom. The van der Waals surface area contributed by atoms with Crippen molar-refractivity contribution in [3.8, 4) is 24.3 Å². The van der Waals surface area contributed by atoms with E-state index in [0.717, 1.165) is 37.5 Å². The van der Waals surface area contributed by atoms with Gasteiger partial charge in [-0.05, 0) is 102 Å². The zero-order valence-corrected chi connectivity index (χ0v) is 40.2. The average molecular weight is 926 g/mol. The number of nitrogens with zero attached hydrogens (tertiary/aromatic N) is 3. The molecule has 6 atom stereocenters. The second-order valence-electron chi connectivity index (χ2n) is 19.9. The van der Waals surface area contributed by atoms with Crippen LogP contribution in [0.3, 0.4) is 0 Å². The molecule has 2 saturated carbocycles. The predicted octanol–water partition coefficient (Wildman–Crippen LogP) is 8.13. The molecule has 2 aliphatic carbocycles. The molecule has 1 spiro atoms. The Bertz CT molecular complexity index is 2110. The first-order chi connectivity index (χ1) is 31.0. The van der Waals surface area contributed by atoms with Crippen LogP contribution in [0.1, 0.15) is 136 Å². The monoisotopic (exact) mass is 926 g/mol. The lowest BCUT2D eigenvalue weighted by Crippen LogP contribution is -2.55. The maximum Gasteiger partial charge on any atom is 0.437 e. The minimum absolute atomic E-state index is 0.0150. The Morgan fingerprint density at radius 1 is 1.00 bits per heavy atom. The van der Waals surface area contributed by atoms with Gasteiger partial charge in [-0.15, -0.1) is 12.8 Å². The number of carbonyl (C=O) groups excluding carboxylic acids is 5. The van der Waals surface area contributed by atoms with E-state index in [1.54, 1.807) is 12.1 Å². The van der Waals surface area contributed by atoms with Crippen LogP contribution in [-0.2, 0) is 34.9 Å². The maximum absolute atomic E-state index is 14.8. The lowest BCUT2D eigenvalue weighted by Gasteiger charge is -2.47. The van der Waals surface area contributed by atoms with Crippen LogP contribution in [0.25, 0.3) is 10.9 Å². The van der Waals surface area contributed by atoms with Crippen molar-refractivity contribution < 1.29 is 51.4 Å². The number of terminal acetylenes is 1. The van der Waals surface area contributed by atoms with Gasteiger partial charge in [-0.3, -0.25) is 24.1 Å². The number of allylic oxidation sites excluding steroid dienone is 1. The molecule has 2 saturated heterocycles. The van der Waals surface area contributed by atoms with E-state index < -0.39 is 46.9 Å². The number of likely N-dealkylation sites (N-methyl/N-ethyl adjacent to an activating group) is 1. The van der Waals surface area contributed by atoms with Crippen LogP contribution in [0.5, 0.6) is 11.5 Å². The number of hydrogen-bond donors (Lipinski definition) is 2. The Balaban J connectivity index is 0.000000479. The Morgan fingerprint density at radius 2 is 1.64 bits per heavy atom. The van der Waals surface area contributed by atoms with Crippen LogP contribution >= 0.6 is 0 Å². The van der Waals surface area contributed by atoms with Gasteiger partial charge in [-0.1, -0.05) is 45.8 Å². The van der Waals surface area contributed by atoms with Crippen molar-refractivity contribution in [2.24, 2.45) is 17.3 Å². The zero-order chi connectivity index (χ0) is 49.4. The van der Waals surface area contributed by atoms with Gasteiger partial charge in [0.15, 0.2) is 11.4 Å². The number of fused-ring (bicyclic) bond motifs is 5. The topological polar surface area (TPSA) is 156 Å². The van der Waals surface area contributed by atoms with Gasteiger partial charge in [0.05, 0.1) is 19.2 Å². The van der Waals surface area contributed by atoms with Crippen molar-refractivity contribution in [1.29, 1.82) is 0 Å². The smallest absolute Gasteiger partial charge is 0.437 e. The van der Waals surface area contributed by atoms with E-state index in [2.05, 4.69) is 53.3 Å². The molecule has 2 N–H and O–H groups in total. The molecule has 0 radical (unpaired) electrons. The van der Waals surface area contributed by atoms with E-state index in [9.17, 15) is 32.3 Å². The largest absolute Gasteiger partial charge is 0.497 e. The molecule has 3 unspecified atom stereocenters. The van der Waals surface area contributed by atoms with E-state index >= 15 is 0 Å². The maximum atomic E-state index is 14.8. The number of carbonyl (C=O) groups is 5. The molecule has 5 heterocycles. The number of alkyl halides is 3. The summed E-state index contributed by atoms with van der Waals surface area (Å²) in [4.78, 5) is 67.6. The van der Waals surface area contributed by atoms with E-state index in [1.807, 2.05) is 40.6 Å². The number of pyridine rings is 1. The first kappa shape index (κ1) is 53.4. The molecule has 2 aromatic rings. The summed E-state index contributed by atoms with van der Waals surface area (Å²) in [6.45, 7) is 16.7. The molecule has 4 fully saturated rings. The second-order valence-corrected chi connectivity index (χ2v) is 19.9. The van der Waals surface area contributed by atoms with Crippen LogP contribution in [0.15, 0.2) is 30.4 Å². The van der Waals surface area contributed by atoms with Crippen molar-refractivity contribution in [3.63, 3.8) is 0 Å². The summed E-state index contributed by atoms with van der Waals surface area (Å²) in [5.41, 5.74) is -2.55. The highest BCUT2D eigenvalue weighted by atomic mass is 19.4. The number of rotatable bonds is 3. The van der Waals surface area contributed by atoms with Gasteiger partial charge < -0.3 is 34.5 Å². The molecule has 1 aromatic carbocycles. The molecule has 364 valence electrons. The molecule has 1 aromatic heterocycles.